The largest absolute Gasteiger partial charge is 0.395 e. The van der Waals surface area contributed by atoms with E-state index in [-0.39, 0.29) is 10.3 Å². The molecule has 0 nitrogen and oxygen atoms in total. The number of rotatable bonds is 0. The summed E-state index contributed by atoms with van der Waals surface area (Å²) in [5.74, 6) is -1.20. The molecule has 0 spiro atoms. The van der Waals surface area contributed by atoms with Gasteiger partial charge in [0.15, 0.2) is 0 Å². The highest BCUT2D eigenvalue weighted by atomic mass is 127. The van der Waals surface area contributed by atoms with E-state index in [2.05, 4.69) is 22.6 Å². The van der Waals surface area contributed by atoms with Crippen LogP contribution in [0.4, 0.5) is 13.2 Å². The van der Waals surface area contributed by atoms with Crippen molar-refractivity contribution in [3.63, 3.8) is 0 Å². The van der Waals surface area contributed by atoms with E-state index < -0.39 is 12.1 Å². The van der Waals surface area contributed by atoms with Crippen LogP contribution in [0.3, 0.4) is 0 Å². The van der Waals surface area contributed by atoms with Crippen LogP contribution in [0.5, 0.6) is 0 Å². The average Bonchev–Trinajstić information content (AvgIpc) is 1.86. The average molecular weight is 276 g/mol. The van der Waals surface area contributed by atoms with Crippen LogP contribution in [0.25, 0.3) is 0 Å². The molecule has 1 aliphatic rings. The molecule has 1 aliphatic carbocycles. The lowest BCUT2D eigenvalue weighted by atomic mass is 9.96. The van der Waals surface area contributed by atoms with E-state index in [1.165, 1.54) is 6.08 Å². The van der Waals surface area contributed by atoms with Crippen molar-refractivity contribution in [2.24, 2.45) is 5.92 Å². The van der Waals surface area contributed by atoms with Crippen molar-refractivity contribution in [1.29, 1.82) is 0 Å². The Kier molecular flexibility index (Phi) is 2.83. The Morgan fingerprint density at radius 1 is 1.18 bits per heavy atom. The van der Waals surface area contributed by atoms with Gasteiger partial charge in [0.25, 0.3) is 0 Å². The van der Waals surface area contributed by atoms with Crippen LogP contribution < -0.4 is 0 Å². The molecule has 0 aromatic carbocycles. The predicted molar refractivity (Wildman–Crippen MR) is 45.7 cm³/mol. The highest BCUT2D eigenvalue weighted by molar-refractivity contribution is 14.1. The maximum absolute atomic E-state index is 12.0. The van der Waals surface area contributed by atoms with Crippen LogP contribution in [-0.4, -0.2) is 10.1 Å². The normalized spacial score (nSPS) is 32.4. The summed E-state index contributed by atoms with van der Waals surface area (Å²) in [7, 11) is 0. The molecule has 0 heterocycles. The fourth-order valence-electron chi connectivity index (χ4n) is 1.06. The van der Waals surface area contributed by atoms with Gasteiger partial charge in [-0.2, -0.15) is 13.2 Å². The first-order valence-electron chi connectivity index (χ1n) is 3.39. The summed E-state index contributed by atoms with van der Waals surface area (Å²) >= 11 is 2.14. The van der Waals surface area contributed by atoms with Gasteiger partial charge in [-0.1, -0.05) is 34.7 Å². The van der Waals surface area contributed by atoms with E-state index in [0.717, 1.165) is 0 Å². The first kappa shape index (κ1) is 9.35. The molecule has 0 amide bonds. The maximum atomic E-state index is 12.0. The third-order valence-electron chi connectivity index (χ3n) is 1.73. The number of hydrogen-bond donors (Lipinski definition) is 0. The summed E-state index contributed by atoms with van der Waals surface area (Å²) in [6.45, 7) is 0. The van der Waals surface area contributed by atoms with Gasteiger partial charge in [0.05, 0.1) is 5.92 Å². The third-order valence-corrected chi connectivity index (χ3v) is 2.76. The molecular weight excluding hydrogens is 268 g/mol. The standard InChI is InChI=1S/C7H8F3I/c8-7(9,10)5-1-3-6(11)4-2-5/h1,3,5-6H,2,4H2. The molecule has 0 N–H and O–H groups in total. The van der Waals surface area contributed by atoms with Gasteiger partial charge in [0.2, 0.25) is 0 Å². The van der Waals surface area contributed by atoms with Crippen molar-refractivity contribution >= 4 is 22.6 Å². The van der Waals surface area contributed by atoms with E-state index in [4.69, 9.17) is 0 Å². The minimum Gasteiger partial charge on any atom is -0.170 e. The van der Waals surface area contributed by atoms with Crippen molar-refractivity contribution < 1.29 is 13.2 Å². The lowest BCUT2D eigenvalue weighted by Crippen LogP contribution is -2.24. The monoisotopic (exact) mass is 276 g/mol. The van der Waals surface area contributed by atoms with Crippen molar-refractivity contribution in [3.8, 4) is 0 Å². The molecular formula is C7H8F3I. The Bertz CT molecular complexity index is 162. The second-order valence-corrected chi connectivity index (χ2v) is 4.23. The van der Waals surface area contributed by atoms with E-state index >= 15 is 0 Å². The molecule has 0 saturated heterocycles. The predicted octanol–water partition coefficient (Wildman–Crippen LogP) is 3.32. The van der Waals surface area contributed by atoms with Gasteiger partial charge in [-0.25, -0.2) is 0 Å². The Morgan fingerprint density at radius 3 is 2.18 bits per heavy atom. The topological polar surface area (TPSA) is 0 Å². The molecule has 0 bridgehead atoms. The molecule has 64 valence electrons. The summed E-state index contributed by atoms with van der Waals surface area (Å²) in [6, 6.07) is 0. The minimum absolute atomic E-state index is 0.244. The number of halogens is 4. The zero-order valence-corrected chi connectivity index (χ0v) is 7.89. The number of alkyl halides is 4. The molecule has 2 atom stereocenters. The molecule has 11 heavy (non-hydrogen) atoms. The van der Waals surface area contributed by atoms with Crippen LogP contribution in [-0.2, 0) is 0 Å². The number of allylic oxidation sites excluding steroid dienone is 2. The summed E-state index contributed by atoms with van der Waals surface area (Å²) in [5.41, 5.74) is 0. The van der Waals surface area contributed by atoms with Gasteiger partial charge in [-0.05, 0) is 12.8 Å². The fourth-order valence-corrected chi connectivity index (χ4v) is 1.66. The Labute approximate surface area is 77.0 Å². The summed E-state index contributed by atoms with van der Waals surface area (Å²) in [6.07, 6.45) is -0.231. The van der Waals surface area contributed by atoms with Crippen molar-refractivity contribution in [3.05, 3.63) is 12.2 Å². The summed E-state index contributed by atoms with van der Waals surface area (Å²) in [4.78, 5) is 0. The van der Waals surface area contributed by atoms with Gasteiger partial charge in [0.1, 0.15) is 0 Å². The van der Waals surface area contributed by atoms with Crippen molar-refractivity contribution in [1.82, 2.24) is 0 Å². The third kappa shape index (κ3) is 2.65. The van der Waals surface area contributed by atoms with Gasteiger partial charge < -0.3 is 0 Å². The second kappa shape index (κ2) is 3.33. The van der Waals surface area contributed by atoms with Crippen LogP contribution in [0.15, 0.2) is 12.2 Å². The second-order valence-electron chi connectivity index (χ2n) is 2.63. The van der Waals surface area contributed by atoms with Crippen LogP contribution in [0.1, 0.15) is 12.8 Å². The van der Waals surface area contributed by atoms with Crippen LogP contribution in [0, 0.1) is 5.92 Å². The smallest absolute Gasteiger partial charge is 0.170 e. The number of hydrogen-bond acceptors (Lipinski definition) is 0. The minimum atomic E-state index is -4.03. The molecule has 0 aromatic heterocycles. The Morgan fingerprint density at radius 2 is 1.82 bits per heavy atom. The SMILES string of the molecule is FC(F)(F)C1C=CC(I)CC1. The van der Waals surface area contributed by atoms with Gasteiger partial charge in [0, 0.05) is 3.92 Å². The Balaban J connectivity index is 2.57. The molecule has 4 heteroatoms. The quantitative estimate of drug-likeness (QED) is 0.362. The van der Waals surface area contributed by atoms with E-state index in [1.54, 1.807) is 6.08 Å². The van der Waals surface area contributed by atoms with E-state index in [0.29, 0.717) is 6.42 Å². The molecule has 2 unspecified atom stereocenters. The fraction of sp³-hybridized carbons (Fsp3) is 0.714. The molecule has 0 fully saturated rings. The zero-order valence-electron chi connectivity index (χ0n) is 5.74. The van der Waals surface area contributed by atoms with Crippen molar-refractivity contribution in [2.45, 2.75) is 22.9 Å². The molecule has 0 aliphatic heterocycles. The first-order valence-corrected chi connectivity index (χ1v) is 4.64. The van der Waals surface area contributed by atoms with Crippen LogP contribution in [0.2, 0.25) is 0 Å². The van der Waals surface area contributed by atoms with Gasteiger partial charge in [-0.3, -0.25) is 0 Å². The van der Waals surface area contributed by atoms with Gasteiger partial charge in [-0.15, -0.1) is 0 Å². The molecule has 0 aromatic rings. The van der Waals surface area contributed by atoms with E-state index in [1.807, 2.05) is 0 Å². The summed E-state index contributed by atoms with van der Waals surface area (Å²) < 4.78 is 36.3. The van der Waals surface area contributed by atoms with E-state index in [9.17, 15) is 13.2 Å². The molecule has 1 rings (SSSR count). The summed E-state index contributed by atoms with van der Waals surface area (Å²) in [5, 5.41) is 0. The Hall–Kier alpha value is 0.260. The lowest BCUT2D eigenvalue weighted by Gasteiger charge is -2.21. The van der Waals surface area contributed by atoms with Gasteiger partial charge >= 0.3 is 6.18 Å². The highest BCUT2D eigenvalue weighted by Crippen LogP contribution is 2.35. The van der Waals surface area contributed by atoms with Crippen molar-refractivity contribution in [2.75, 3.05) is 0 Å². The first-order chi connectivity index (χ1) is 5.00. The molecule has 0 radical (unpaired) electrons. The van der Waals surface area contributed by atoms with Crippen LogP contribution >= 0.6 is 22.6 Å². The lowest BCUT2D eigenvalue weighted by molar-refractivity contribution is -0.163. The zero-order chi connectivity index (χ0) is 8.48. The highest BCUT2D eigenvalue weighted by Gasteiger charge is 2.38. The molecule has 0 saturated carbocycles. The maximum Gasteiger partial charge on any atom is 0.395 e.